The molecule has 0 unspecified atom stereocenters. The number of hydrogen-bond acceptors (Lipinski definition) is 1. The zero-order valence-corrected chi connectivity index (χ0v) is 9.25. The Labute approximate surface area is 89.8 Å². The third-order valence-corrected chi connectivity index (χ3v) is 3.23. The molecule has 0 N–H and O–H groups in total. The number of aliphatic imine (C=N–C) groups is 1. The van der Waals surface area contributed by atoms with Crippen molar-refractivity contribution < 1.29 is 0 Å². The van der Waals surface area contributed by atoms with E-state index in [1.165, 1.54) is 11.1 Å². The fourth-order valence-corrected chi connectivity index (χ4v) is 2.16. The SMILES string of the molecule is C[C@@H]1N=C(CCl)c2ccccc2[C@@H]1C. The van der Waals surface area contributed by atoms with Gasteiger partial charge in [0.05, 0.1) is 17.6 Å². The highest BCUT2D eigenvalue weighted by Gasteiger charge is 2.23. The van der Waals surface area contributed by atoms with Crippen LogP contribution >= 0.6 is 11.6 Å². The Hall–Kier alpha value is -0.820. The minimum Gasteiger partial charge on any atom is -0.284 e. The average molecular weight is 208 g/mol. The van der Waals surface area contributed by atoms with E-state index < -0.39 is 0 Å². The van der Waals surface area contributed by atoms with Crippen LogP contribution in [0.1, 0.15) is 30.9 Å². The molecule has 1 aliphatic heterocycles. The monoisotopic (exact) mass is 207 g/mol. The molecule has 1 nitrogen and oxygen atoms in total. The number of fused-ring (bicyclic) bond motifs is 1. The van der Waals surface area contributed by atoms with E-state index >= 15 is 0 Å². The van der Waals surface area contributed by atoms with Crippen LogP contribution in [0.5, 0.6) is 0 Å². The van der Waals surface area contributed by atoms with Crippen molar-refractivity contribution in [3.8, 4) is 0 Å². The van der Waals surface area contributed by atoms with Crippen LogP contribution in [0.15, 0.2) is 29.3 Å². The van der Waals surface area contributed by atoms with Crippen LogP contribution in [-0.4, -0.2) is 17.6 Å². The molecule has 14 heavy (non-hydrogen) atoms. The number of benzene rings is 1. The van der Waals surface area contributed by atoms with Gasteiger partial charge in [-0.05, 0) is 12.5 Å². The van der Waals surface area contributed by atoms with E-state index in [2.05, 4.69) is 37.0 Å². The molecule has 0 amide bonds. The Kier molecular flexibility index (Phi) is 2.60. The number of alkyl halides is 1. The lowest BCUT2D eigenvalue weighted by Crippen LogP contribution is -2.23. The smallest absolute Gasteiger partial charge is 0.0649 e. The molecule has 1 aromatic carbocycles. The summed E-state index contributed by atoms with van der Waals surface area (Å²) in [6, 6.07) is 8.76. The summed E-state index contributed by atoms with van der Waals surface area (Å²) in [5, 5.41) is 0. The van der Waals surface area contributed by atoms with Gasteiger partial charge in [-0.3, -0.25) is 4.99 Å². The zero-order chi connectivity index (χ0) is 10.1. The highest BCUT2D eigenvalue weighted by atomic mass is 35.5. The van der Waals surface area contributed by atoms with E-state index in [9.17, 15) is 0 Å². The van der Waals surface area contributed by atoms with Gasteiger partial charge >= 0.3 is 0 Å². The van der Waals surface area contributed by atoms with Crippen molar-refractivity contribution in [3.63, 3.8) is 0 Å². The molecule has 0 radical (unpaired) electrons. The van der Waals surface area contributed by atoms with Crippen molar-refractivity contribution in [2.24, 2.45) is 4.99 Å². The van der Waals surface area contributed by atoms with Crippen LogP contribution < -0.4 is 0 Å². The van der Waals surface area contributed by atoms with Gasteiger partial charge in [-0.1, -0.05) is 31.2 Å². The molecule has 1 heterocycles. The molecular formula is C12H14ClN. The molecule has 0 spiro atoms. The van der Waals surface area contributed by atoms with Crippen molar-refractivity contribution in [1.82, 2.24) is 0 Å². The lowest BCUT2D eigenvalue weighted by Gasteiger charge is -2.26. The zero-order valence-electron chi connectivity index (χ0n) is 8.50. The van der Waals surface area contributed by atoms with Gasteiger partial charge in [0.25, 0.3) is 0 Å². The maximum atomic E-state index is 5.89. The summed E-state index contributed by atoms with van der Waals surface area (Å²) in [5.41, 5.74) is 3.65. The topological polar surface area (TPSA) is 12.4 Å². The summed E-state index contributed by atoms with van der Waals surface area (Å²) in [5.74, 6) is 1.01. The van der Waals surface area contributed by atoms with Gasteiger partial charge in [0.15, 0.2) is 0 Å². The molecule has 1 aromatic rings. The summed E-state index contributed by atoms with van der Waals surface area (Å²) in [7, 11) is 0. The van der Waals surface area contributed by atoms with Crippen LogP contribution in [0.25, 0.3) is 0 Å². The fraction of sp³-hybridized carbons (Fsp3) is 0.417. The Morgan fingerprint density at radius 1 is 1.29 bits per heavy atom. The first-order valence-electron chi connectivity index (χ1n) is 4.96. The lowest BCUT2D eigenvalue weighted by molar-refractivity contribution is 0.605. The molecule has 74 valence electrons. The Morgan fingerprint density at radius 2 is 2.00 bits per heavy atom. The molecule has 0 bridgehead atoms. The van der Waals surface area contributed by atoms with Crippen molar-refractivity contribution in [3.05, 3.63) is 35.4 Å². The molecule has 0 fully saturated rings. The second-order valence-electron chi connectivity index (χ2n) is 3.83. The molecule has 0 aliphatic carbocycles. The van der Waals surface area contributed by atoms with E-state index in [1.54, 1.807) is 0 Å². The lowest BCUT2D eigenvalue weighted by atomic mass is 9.86. The van der Waals surface area contributed by atoms with Gasteiger partial charge < -0.3 is 0 Å². The first kappa shape index (κ1) is 9.72. The van der Waals surface area contributed by atoms with Gasteiger partial charge in [0.1, 0.15) is 0 Å². The Morgan fingerprint density at radius 3 is 2.71 bits per heavy atom. The van der Waals surface area contributed by atoms with Gasteiger partial charge in [-0.2, -0.15) is 0 Å². The van der Waals surface area contributed by atoms with E-state index in [4.69, 9.17) is 11.6 Å². The maximum Gasteiger partial charge on any atom is 0.0649 e. The largest absolute Gasteiger partial charge is 0.284 e. The standard InChI is InChI=1S/C12H14ClN/c1-8-9(2)14-12(7-13)11-6-4-3-5-10(8)11/h3-6,8-9H,7H2,1-2H3/t8-,9+/m1/s1. The second kappa shape index (κ2) is 3.74. The summed E-state index contributed by atoms with van der Waals surface area (Å²) < 4.78 is 0. The summed E-state index contributed by atoms with van der Waals surface area (Å²) in [6.07, 6.45) is 0. The summed E-state index contributed by atoms with van der Waals surface area (Å²) in [6.45, 7) is 4.37. The van der Waals surface area contributed by atoms with Crippen LogP contribution in [0.2, 0.25) is 0 Å². The fourth-order valence-electron chi connectivity index (χ4n) is 1.95. The van der Waals surface area contributed by atoms with E-state index in [-0.39, 0.29) is 0 Å². The predicted molar refractivity (Wildman–Crippen MR) is 61.6 cm³/mol. The minimum absolute atomic E-state index is 0.346. The van der Waals surface area contributed by atoms with Gasteiger partial charge in [-0.15, -0.1) is 11.6 Å². The highest BCUT2D eigenvalue weighted by Crippen LogP contribution is 2.30. The second-order valence-corrected chi connectivity index (χ2v) is 4.09. The third-order valence-electron chi connectivity index (χ3n) is 2.97. The molecule has 0 aromatic heterocycles. The molecule has 2 atom stereocenters. The van der Waals surface area contributed by atoms with E-state index in [0.29, 0.717) is 17.8 Å². The van der Waals surface area contributed by atoms with Crippen molar-refractivity contribution in [2.75, 3.05) is 5.88 Å². The molecule has 2 heteroatoms. The van der Waals surface area contributed by atoms with Crippen molar-refractivity contribution in [2.45, 2.75) is 25.8 Å². The molecule has 2 rings (SSSR count). The quantitative estimate of drug-likeness (QED) is 0.627. The third kappa shape index (κ3) is 1.46. The van der Waals surface area contributed by atoms with Crippen LogP contribution in [-0.2, 0) is 0 Å². The highest BCUT2D eigenvalue weighted by molar-refractivity contribution is 6.32. The van der Waals surface area contributed by atoms with Crippen molar-refractivity contribution in [1.29, 1.82) is 0 Å². The van der Waals surface area contributed by atoms with Gasteiger partial charge in [0.2, 0.25) is 0 Å². The van der Waals surface area contributed by atoms with Gasteiger partial charge in [-0.25, -0.2) is 0 Å². The maximum absolute atomic E-state index is 5.89. The van der Waals surface area contributed by atoms with Crippen LogP contribution in [0.4, 0.5) is 0 Å². The number of halogens is 1. The average Bonchev–Trinajstić information content (AvgIpc) is 2.23. The minimum atomic E-state index is 0.346. The van der Waals surface area contributed by atoms with Gasteiger partial charge in [0, 0.05) is 11.5 Å². The number of hydrogen-bond donors (Lipinski definition) is 0. The molecule has 1 aliphatic rings. The van der Waals surface area contributed by atoms with E-state index in [1.807, 2.05) is 6.07 Å². The summed E-state index contributed by atoms with van der Waals surface area (Å²) in [4.78, 5) is 4.61. The first-order valence-corrected chi connectivity index (χ1v) is 5.49. The van der Waals surface area contributed by atoms with Crippen LogP contribution in [0, 0.1) is 0 Å². The molecule has 0 saturated heterocycles. The number of nitrogens with zero attached hydrogens (tertiary/aromatic N) is 1. The molecule has 0 saturated carbocycles. The molecular weight excluding hydrogens is 194 g/mol. The Bertz CT molecular complexity index is 370. The summed E-state index contributed by atoms with van der Waals surface area (Å²) >= 11 is 5.89. The Balaban J connectivity index is 2.55. The van der Waals surface area contributed by atoms with Crippen molar-refractivity contribution >= 4 is 17.3 Å². The van der Waals surface area contributed by atoms with Crippen LogP contribution in [0.3, 0.4) is 0 Å². The normalized spacial score (nSPS) is 25.5. The first-order chi connectivity index (χ1) is 6.74. The number of rotatable bonds is 1. The van der Waals surface area contributed by atoms with E-state index in [0.717, 1.165) is 5.71 Å². The predicted octanol–water partition coefficient (Wildman–Crippen LogP) is 3.22.